The summed E-state index contributed by atoms with van der Waals surface area (Å²) >= 11 is 1.14. The number of aryl methyl sites for hydroxylation is 2. The minimum atomic E-state index is -0.635. The lowest BCUT2D eigenvalue weighted by Gasteiger charge is -2.07. The van der Waals surface area contributed by atoms with Crippen molar-refractivity contribution in [2.45, 2.75) is 33.1 Å². The lowest BCUT2D eigenvalue weighted by atomic mass is 9.99. The first-order chi connectivity index (χ1) is 13.8. The van der Waals surface area contributed by atoms with Gasteiger partial charge in [0.15, 0.2) is 17.5 Å². The molecule has 1 aromatic carbocycles. The number of benzene rings is 1. The molecule has 0 atom stereocenters. The number of carbonyl (C=O) groups is 4. The van der Waals surface area contributed by atoms with Gasteiger partial charge in [-0.2, -0.15) is 0 Å². The van der Waals surface area contributed by atoms with Gasteiger partial charge in [0.05, 0.1) is 25.6 Å². The maximum atomic E-state index is 12.3. The van der Waals surface area contributed by atoms with Gasteiger partial charge in [0, 0.05) is 17.4 Å². The topological polar surface area (TPSA) is 112 Å². The fourth-order valence-electron chi connectivity index (χ4n) is 2.43. The third-order valence-corrected chi connectivity index (χ3v) is 4.77. The number of aromatic nitrogens is 1. The molecule has 9 heteroatoms. The van der Waals surface area contributed by atoms with Crippen LogP contribution in [0.4, 0.5) is 5.13 Å². The Balaban J connectivity index is 1.74. The Morgan fingerprint density at radius 3 is 2.59 bits per heavy atom. The molecule has 0 aliphatic heterocycles. The highest BCUT2D eigenvalue weighted by molar-refractivity contribution is 7.13. The maximum absolute atomic E-state index is 12.3. The molecule has 154 valence electrons. The van der Waals surface area contributed by atoms with Crippen LogP contribution in [0.5, 0.6) is 0 Å². The molecule has 8 nitrogen and oxygen atoms in total. The fourth-order valence-corrected chi connectivity index (χ4v) is 3.15. The molecule has 0 radical (unpaired) electrons. The molecule has 2 rings (SSSR count). The first-order valence-corrected chi connectivity index (χ1v) is 9.73. The van der Waals surface area contributed by atoms with Crippen molar-refractivity contribution in [1.82, 2.24) is 4.98 Å². The summed E-state index contributed by atoms with van der Waals surface area (Å²) in [5.74, 6) is -1.77. The van der Waals surface area contributed by atoms with Gasteiger partial charge in [-0.05, 0) is 25.5 Å². The van der Waals surface area contributed by atoms with E-state index in [9.17, 15) is 19.2 Å². The Kier molecular flexibility index (Phi) is 8.02. The molecular formula is C20H22N2O6S. The standard InChI is InChI=1S/C20H22N2O6S/c1-12-4-5-13(2)15(8-12)16(23)6-7-18(25)28-10-17(24)22-20-21-14(11-29-20)9-19(26)27-3/h4-5,8,11H,6-7,9-10H2,1-3H3,(H,21,22,24). The Morgan fingerprint density at radius 1 is 1.10 bits per heavy atom. The van der Waals surface area contributed by atoms with Crippen molar-refractivity contribution in [1.29, 1.82) is 0 Å². The SMILES string of the molecule is COC(=O)Cc1csc(NC(=O)COC(=O)CCC(=O)c2cc(C)ccc2C)n1. The minimum absolute atomic E-state index is 0.00625. The zero-order valence-corrected chi connectivity index (χ0v) is 17.3. The highest BCUT2D eigenvalue weighted by Crippen LogP contribution is 2.16. The Labute approximate surface area is 172 Å². The van der Waals surface area contributed by atoms with Crippen molar-refractivity contribution < 1.29 is 28.7 Å². The van der Waals surface area contributed by atoms with E-state index >= 15 is 0 Å². The van der Waals surface area contributed by atoms with Gasteiger partial charge in [-0.25, -0.2) is 4.98 Å². The molecule has 0 unspecified atom stereocenters. The molecule has 0 bridgehead atoms. The third kappa shape index (κ3) is 7.11. The highest BCUT2D eigenvalue weighted by Gasteiger charge is 2.15. The van der Waals surface area contributed by atoms with Crippen LogP contribution in [0, 0.1) is 13.8 Å². The van der Waals surface area contributed by atoms with Gasteiger partial charge in [0.2, 0.25) is 0 Å². The van der Waals surface area contributed by atoms with Gasteiger partial charge in [0.25, 0.3) is 5.91 Å². The first-order valence-electron chi connectivity index (χ1n) is 8.85. The van der Waals surface area contributed by atoms with Gasteiger partial charge in [-0.3, -0.25) is 24.5 Å². The van der Waals surface area contributed by atoms with E-state index in [-0.39, 0.29) is 30.2 Å². The van der Waals surface area contributed by atoms with E-state index in [1.54, 1.807) is 11.4 Å². The molecule has 0 fully saturated rings. The molecule has 1 amide bonds. The number of esters is 2. The van der Waals surface area contributed by atoms with Crippen LogP contribution in [0.1, 0.15) is 40.0 Å². The number of nitrogens with one attached hydrogen (secondary N) is 1. The summed E-state index contributed by atoms with van der Waals surface area (Å²) < 4.78 is 9.45. The lowest BCUT2D eigenvalue weighted by Crippen LogP contribution is -2.21. The molecule has 29 heavy (non-hydrogen) atoms. The molecule has 1 N–H and O–H groups in total. The van der Waals surface area contributed by atoms with Crippen molar-refractivity contribution in [2.75, 3.05) is 19.0 Å². The number of thiazole rings is 1. The van der Waals surface area contributed by atoms with Gasteiger partial charge in [-0.15, -0.1) is 11.3 Å². The molecule has 0 saturated carbocycles. The summed E-state index contributed by atoms with van der Waals surface area (Å²) in [6, 6.07) is 5.57. The first kappa shape index (κ1) is 22.2. The van der Waals surface area contributed by atoms with E-state index in [1.165, 1.54) is 7.11 Å². The van der Waals surface area contributed by atoms with Crippen LogP contribution in [-0.2, 0) is 30.3 Å². The number of hydrogen-bond donors (Lipinski definition) is 1. The second-order valence-electron chi connectivity index (χ2n) is 6.35. The van der Waals surface area contributed by atoms with E-state index in [0.29, 0.717) is 11.3 Å². The van der Waals surface area contributed by atoms with Crippen molar-refractivity contribution in [3.63, 3.8) is 0 Å². The van der Waals surface area contributed by atoms with Crippen LogP contribution < -0.4 is 5.32 Å². The number of ether oxygens (including phenoxy) is 2. The number of amides is 1. The van der Waals surface area contributed by atoms with Crippen molar-refractivity contribution in [3.8, 4) is 0 Å². The highest BCUT2D eigenvalue weighted by atomic mass is 32.1. The summed E-state index contributed by atoms with van der Waals surface area (Å²) in [7, 11) is 1.28. The van der Waals surface area contributed by atoms with Gasteiger partial charge in [-0.1, -0.05) is 17.7 Å². The van der Waals surface area contributed by atoms with Gasteiger partial charge in [0.1, 0.15) is 0 Å². The summed E-state index contributed by atoms with van der Waals surface area (Å²) in [6.45, 7) is 3.25. The molecule has 1 aromatic heterocycles. The van der Waals surface area contributed by atoms with E-state index in [2.05, 4.69) is 15.0 Å². The second-order valence-corrected chi connectivity index (χ2v) is 7.21. The largest absolute Gasteiger partial charge is 0.469 e. The summed E-state index contributed by atoms with van der Waals surface area (Å²) in [6.07, 6.45) is -0.0968. The monoisotopic (exact) mass is 418 g/mol. The number of nitrogens with zero attached hydrogens (tertiary/aromatic N) is 1. The number of anilines is 1. The molecule has 0 spiro atoms. The Morgan fingerprint density at radius 2 is 1.86 bits per heavy atom. The average molecular weight is 418 g/mol. The van der Waals surface area contributed by atoms with E-state index in [4.69, 9.17) is 4.74 Å². The number of Topliss-reactive ketones (excluding diaryl/α,β-unsaturated/α-hetero) is 1. The molecule has 2 aromatic rings. The van der Waals surface area contributed by atoms with Crippen LogP contribution in [0.3, 0.4) is 0 Å². The van der Waals surface area contributed by atoms with Crippen LogP contribution in [0.2, 0.25) is 0 Å². The zero-order valence-electron chi connectivity index (χ0n) is 16.4. The Hall–Kier alpha value is -3.07. The number of hydrogen-bond acceptors (Lipinski definition) is 8. The van der Waals surface area contributed by atoms with E-state index in [1.807, 2.05) is 26.0 Å². The summed E-state index contributed by atoms with van der Waals surface area (Å²) in [5, 5.41) is 4.40. The van der Waals surface area contributed by atoms with Gasteiger partial charge >= 0.3 is 11.9 Å². The fraction of sp³-hybridized carbons (Fsp3) is 0.350. The van der Waals surface area contributed by atoms with Crippen LogP contribution in [-0.4, -0.2) is 42.3 Å². The average Bonchev–Trinajstić information content (AvgIpc) is 3.12. The lowest BCUT2D eigenvalue weighted by molar-refractivity contribution is -0.147. The Bertz CT molecular complexity index is 921. The van der Waals surface area contributed by atoms with E-state index in [0.717, 1.165) is 22.5 Å². The number of ketones is 1. The zero-order chi connectivity index (χ0) is 21.4. The smallest absolute Gasteiger partial charge is 0.311 e. The number of carbonyl (C=O) groups excluding carboxylic acids is 4. The van der Waals surface area contributed by atoms with Gasteiger partial charge < -0.3 is 9.47 Å². The quantitative estimate of drug-likeness (QED) is 0.492. The number of rotatable bonds is 9. The normalized spacial score (nSPS) is 10.3. The molecule has 0 aliphatic rings. The summed E-state index contributed by atoms with van der Waals surface area (Å²) in [5.41, 5.74) is 2.87. The number of methoxy groups -OCH3 is 1. The van der Waals surface area contributed by atoms with Crippen LogP contribution in [0.25, 0.3) is 0 Å². The molecule has 0 aliphatic carbocycles. The predicted octanol–water partition coefficient (Wildman–Crippen LogP) is 2.62. The van der Waals surface area contributed by atoms with Crippen molar-refractivity contribution >= 4 is 40.1 Å². The third-order valence-electron chi connectivity index (χ3n) is 3.97. The molecule has 1 heterocycles. The van der Waals surface area contributed by atoms with Crippen molar-refractivity contribution in [2.24, 2.45) is 0 Å². The minimum Gasteiger partial charge on any atom is -0.469 e. The molecule has 0 saturated heterocycles. The molecular weight excluding hydrogens is 396 g/mol. The predicted molar refractivity (Wildman–Crippen MR) is 107 cm³/mol. The summed E-state index contributed by atoms with van der Waals surface area (Å²) in [4.78, 5) is 51.2. The second kappa shape index (κ2) is 10.5. The maximum Gasteiger partial charge on any atom is 0.311 e. The van der Waals surface area contributed by atoms with Crippen LogP contribution >= 0.6 is 11.3 Å². The van der Waals surface area contributed by atoms with E-state index < -0.39 is 24.5 Å². The van der Waals surface area contributed by atoms with Crippen molar-refractivity contribution in [3.05, 3.63) is 46.0 Å². The van der Waals surface area contributed by atoms with Crippen LogP contribution in [0.15, 0.2) is 23.6 Å².